The van der Waals surface area contributed by atoms with Crippen molar-refractivity contribution >= 4 is 46.2 Å². The van der Waals surface area contributed by atoms with Crippen LogP contribution >= 0.6 is 23.4 Å². The van der Waals surface area contributed by atoms with Crippen molar-refractivity contribution in [2.24, 2.45) is 5.92 Å². The molecule has 2 rings (SSSR count). The molecule has 0 fully saturated rings. The minimum atomic E-state index is -0.596. The van der Waals surface area contributed by atoms with Crippen LogP contribution < -0.4 is 16.2 Å². The van der Waals surface area contributed by atoms with Crippen LogP contribution in [0.3, 0.4) is 0 Å². The Hall–Kier alpha value is -2.32. The van der Waals surface area contributed by atoms with Crippen LogP contribution in [0.15, 0.2) is 40.8 Å². The van der Waals surface area contributed by atoms with E-state index in [4.69, 9.17) is 11.6 Å². The van der Waals surface area contributed by atoms with Crippen LogP contribution in [0, 0.1) is 5.92 Å². The predicted molar refractivity (Wildman–Crippen MR) is 108 cm³/mol. The van der Waals surface area contributed by atoms with Gasteiger partial charge in [0.1, 0.15) is 0 Å². The average Bonchev–Trinajstić information content (AvgIpc) is 2.61. The van der Waals surface area contributed by atoms with Crippen LogP contribution in [0.5, 0.6) is 0 Å². The molecule has 0 aliphatic heterocycles. The van der Waals surface area contributed by atoms with Gasteiger partial charge in [-0.25, -0.2) is 9.78 Å². The Balaban J connectivity index is 2.24. The molecule has 1 aromatic heterocycles. The molecule has 1 aromatic carbocycles. The summed E-state index contributed by atoms with van der Waals surface area (Å²) in [6, 6.07) is 4.33. The van der Waals surface area contributed by atoms with E-state index in [0.717, 1.165) is 11.8 Å². The maximum absolute atomic E-state index is 12.9. The SMILES string of the molecule is C=CCNC(=O)NC(=O)CSc1nc2ccc(Cl)cc2c(=O)n1CC(C)C. The maximum Gasteiger partial charge on any atom is 0.321 e. The summed E-state index contributed by atoms with van der Waals surface area (Å²) in [5, 5.41) is 5.98. The van der Waals surface area contributed by atoms with E-state index >= 15 is 0 Å². The highest BCUT2D eigenvalue weighted by molar-refractivity contribution is 7.99. The van der Waals surface area contributed by atoms with E-state index in [0.29, 0.717) is 27.6 Å². The van der Waals surface area contributed by atoms with Gasteiger partial charge in [0.15, 0.2) is 5.16 Å². The summed E-state index contributed by atoms with van der Waals surface area (Å²) < 4.78 is 1.54. The molecule has 2 aromatic rings. The van der Waals surface area contributed by atoms with Crippen molar-refractivity contribution in [1.29, 1.82) is 0 Å². The van der Waals surface area contributed by atoms with Crippen molar-refractivity contribution < 1.29 is 9.59 Å². The number of urea groups is 1. The van der Waals surface area contributed by atoms with E-state index in [2.05, 4.69) is 22.2 Å². The molecule has 2 N–H and O–H groups in total. The number of rotatable bonds is 7. The van der Waals surface area contributed by atoms with Crippen molar-refractivity contribution in [2.75, 3.05) is 12.3 Å². The largest absolute Gasteiger partial charge is 0.334 e. The average molecular weight is 409 g/mol. The number of hydrogen-bond donors (Lipinski definition) is 2. The summed E-state index contributed by atoms with van der Waals surface area (Å²) in [5.74, 6) is -0.326. The van der Waals surface area contributed by atoms with Gasteiger partial charge in [0.25, 0.3) is 5.56 Å². The monoisotopic (exact) mass is 408 g/mol. The van der Waals surface area contributed by atoms with Crippen molar-refractivity contribution in [3.63, 3.8) is 0 Å². The molecule has 0 aliphatic rings. The minimum absolute atomic E-state index is 0.0505. The number of aromatic nitrogens is 2. The fraction of sp³-hybridized carbons (Fsp3) is 0.333. The molecule has 0 bridgehead atoms. The van der Waals surface area contributed by atoms with Crippen LogP contribution in [0.25, 0.3) is 10.9 Å². The molecule has 0 unspecified atom stereocenters. The van der Waals surface area contributed by atoms with Gasteiger partial charge in [0, 0.05) is 18.1 Å². The smallest absolute Gasteiger partial charge is 0.321 e. The minimum Gasteiger partial charge on any atom is -0.334 e. The quantitative estimate of drug-likeness (QED) is 0.417. The first-order valence-electron chi connectivity index (χ1n) is 8.33. The van der Waals surface area contributed by atoms with Gasteiger partial charge in [-0.3, -0.25) is 19.5 Å². The summed E-state index contributed by atoms with van der Waals surface area (Å²) in [5.41, 5.74) is 0.305. The first-order valence-corrected chi connectivity index (χ1v) is 9.69. The summed E-state index contributed by atoms with van der Waals surface area (Å²) in [4.78, 5) is 40.8. The Morgan fingerprint density at radius 2 is 2.15 bits per heavy atom. The van der Waals surface area contributed by atoms with Crippen molar-refractivity contribution in [3.05, 3.63) is 46.2 Å². The lowest BCUT2D eigenvalue weighted by atomic mass is 10.2. The summed E-state index contributed by atoms with van der Waals surface area (Å²) in [7, 11) is 0. The topological polar surface area (TPSA) is 93.1 Å². The molecule has 0 radical (unpaired) electrons. The predicted octanol–water partition coefficient (Wildman–Crippen LogP) is 2.81. The van der Waals surface area contributed by atoms with Crippen LogP contribution in [-0.2, 0) is 11.3 Å². The number of benzene rings is 1. The van der Waals surface area contributed by atoms with Gasteiger partial charge in [-0.1, -0.05) is 43.3 Å². The molecule has 144 valence electrons. The Morgan fingerprint density at radius 1 is 1.41 bits per heavy atom. The molecule has 0 aliphatic carbocycles. The van der Waals surface area contributed by atoms with Gasteiger partial charge in [-0.05, 0) is 24.1 Å². The van der Waals surface area contributed by atoms with Crippen molar-refractivity contribution in [3.8, 4) is 0 Å². The number of thioether (sulfide) groups is 1. The third-order valence-electron chi connectivity index (χ3n) is 3.42. The lowest BCUT2D eigenvalue weighted by molar-refractivity contribution is -0.117. The molecule has 7 nitrogen and oxygen atoms in total. The Labute approximate surface area is 166 Å². The molecular formula is C18H21ClN4O3S. The van der Waals surface area contributed by atoms with Crippen LogP contribution in [0.2, 0.25) is 5.02 Å². The standard InChI is InChI=1S/C18H21ClN4O3S/c1-4-7-20-17(26)22-15(24)10-27-18-21-14-6-5-12(19)8-13(14)16(25)23(18)9-11(2)3/h4-6,8,11H,1,7,9-10H2,2-3H3,(H2,20,22,24,26). The van der Waals surface area contributed by atoms with Crippen LogP contribution in [0.1, 0.15) is 13.8 Å². The summed E-state index contributed by atoms with van der Waals surface area (Å²) >= 11 is 7.10. The highest BCUT2D eigenvalue weighted by Gasteiger charge is 2.15. The van der Waals surface area contributed by atoms with Crippen molar-refractivity contribution in [1.82, 2.24) is 20.2 Å². The Morgan fingerprint density at radius 3 is 2.81 bits per heavy atom. The number of hydrogen-bond acceptors (Lipinski definition) is 5. The number of carbonyl (C=O) groups is 2. The lowest BCUT2D eigenvalue weighted by Crippen LogP contribution is -2.40. The molecule has 3 amide bonds. The zero-order valence-electron chi connectivity index (χ0n) is 15.1. The fourth-order valence-electron chi connectivity index (χ4n) is 2.31. The third kappa shape index (κ3) is 5.83. The van der Waals surface area contributed by atoms with Crippen molar-refractivity contribution in [2.45, 2.75) is 25.5 Å². The number of halogens is 1. The van der Waals surface area contributed by atoms with E-state index in [9.17, 15) is 14.4 Å². The van der Waals surface area contributed by atoms with Gasteiger partial charge in [0.2, 0.25) is 5.91 Å². The lowest BCUT2D eigenvalue weighted by Gasteiger charge is -2.15. The second kappa shape index (κ2) is 9.57. The second-order valence-electron chi connectivity index (χ2n) is 6.20. The first kappa shape index (κ1) is 21.0. The normalized spacial score (nSPS) is 10.8. The molecule has 0 saturated heterocycles. The summed E-state index contributed by atoms with van der Waals surface area (Å²) in [6.45, 7) is 8.17. The number of amides is 3. The molecule has 9 heteroatoms. The van der Waals surface area contributed by atoms with Gasteiger partial charge < -0.3 is 5.32 Å². The van der Waals surface area contributed by atoms with E-state index in [-0.39, 0.29) is 23.8 Å². The number of carbonyl (C=O) groups excluding carboxylic acids is 2. The Kier molecular flexibility index (Phi) is 7.44. The highest BCUT2D eigenvalue weighted by Crippen LogP contribution is 2.21. The van der Waals surface area contributed by atoms with E-state index in [1.807, 2.05) is 13.8 Å². The number of nitrogens with zero attached hydrogens (tertiary/aromatic N) is 2. The number of imide groups is 1. The van der Waals surface area contributed by atoms with Crippen LogP contribution in [0.4, 0.5) is 4.79 Å². The zero-order valence-corrected chi connectivity index (χ0v) is 16.7. The maximum atomic E-state index is 12.9. The van der Waals surface area contributed by atoms with Gasteiger partial charge in [0.05, 0.1) is 16.7 Å². The van der Waals surface area contributed by atoms with Gasteiger partial charge in [-0.2, -0.15) is 0 Å². The van der Waals surface area contributed by atoms with E-state index in [1.165, 1.54) is 6.08 Å². The molecule has 0 spiro atoms. The van der Waals surface area contributed by atoms with E-state index < -0.39 is 11.9 Å². The van der Waals surface area contributed by atoms with E-state index in [1.54, 1.807) is 22.8 Å². The molecule has 27 heavy (non-hydrogen) atoms. The van der Waals surface area contributed by atoms with Gasteiger partial charge >= 0.3 is 6.03 Å². The molecular weight excluding hydrogens is 388 g/mol. The third-order valence-corrected chi connectivity index (χ3v) is 4.63. The number of fused-ring (bicyclic) bond motifs is 1. The molecule has 0 atom stereocenters. The second-order valence-corrected chi connectivity index (χ2v) is 7.58. The van der Waals surface area contributed by atoms with Gasteiger partial charge in [-0.15, -0.1) is 6.58 Å². The molecule has 1 heterocycles. The first-order chi connectivity index (χ1) is 12.8. The Bertz CT molecular complexity index is 927. The molecule has 0 saturated carbocycles. The van der Waals surface area contributed by atoms with Crippen LogP contribution in [-0.4, -0.2) is 33.8 Å². The fourth-order valence-corrected chi connectivity index (χ4v) is 3.29. The zero-order chi connectivity index (χ0) is 20.0. The highest BCUT2D eigenvalue weighted by atomic mass is 35.5. The number of nitrogens with one attached hydrogen (secondary N) is 2. The summed E-state index contributed by atoms with van der Waals surface area (Å²) in [6.07, 6.45) is 1.51.